The fraction of sp³-hybridized carbons (Fsp3) is 0.316. The molecule has 2 aromatic carbocycles. The maximum Gasteiger partial charge on any atom is 0.193 e. The molecule has 0 aliphatic carbocycles. The minimum absolute atomic E-state index is 0.158. The molecule has 0 amide bonds. The van der Waals surface area contributed by atoms with Crippen LogP contribution in [0.25, 0.3) is 0 Å². The molecule has 0 saturated heterocycles. The number of nitrogens with zero attached hydrogens (tertiary/aromatic N) is 1. The summed E-state index contributed by atoms with van der Waals surface area (Å²) in [7, 11) is 3.18. The number of hydrogen-bond acceptors (Lipinski definition) is 4. The van der Waals surface area contributed by atoms with Gasteiger partial charge in [0, 0.05) is 11.8 Å². The lowest BCUT2D eigenvalue weighted by Gasteiger charge is -2.11. The number of methoxy groups -OCH3 is 2. The predicted octanol–water partition coefficient (Wildman–Crippen LogP) is 3.42. The maximum absolute atomic E-state index is 5.95. The lowest BCUT2D eigenvalue weighted by molar-refractivity contribution is 0.242. The fourth-order valence-electron chi connectivity index (χ4n) is 2.22. The fourth-order valence-corrected chi connectivity index (χ4v) is 2.22. The number of hydrogen-bond donors (Lipinski definition) is 2. The van der Waals surface area contributed by atoms with Crippen LogP contribution in [0.4, 0.5) is 5.69 Å². The van der Waals surface area contributed by atoms with E-state index in [0.717, 1.165) is 17.0 Å². The first-order valence-corrected chi connectivity index (χ1v) is 8.06. The zero-order chi connectivity index (χ0) is 18.2. The van der Waals surface area contributed by atoms with E-state index < -0.39 is 0 Å². The van der Waals surface area contributed by atoms with Crippen LogP contribution in [0.1, 0.15) is 19.4 Å². The quantitative estimate of drug-likeness (QED) is 0.595. The molecule has 0 bridgehead atoms. The molecule has 0 aliphatic heterocycles. The SMILES string of the molecule is COc1ccc(NC(N)=NCc2ccc(OC(C)C)cc2)cc1OC. The third-order valence-electron chi connectivity index (χ3n) is 3.38. The Hall–Kier alpha value is -2.89. The van der Waals surface area contributed by atoms with Gasteiger partial charge in [-0.2, -0.15) is 0 Å². The van der Waals surface area contributed by atoms with E-state index >= 15 is 0 Å². The molecule has 0 spiro atoms. The van der Waals surface area contributed by atoms with Gasteiger partial charge in [-0.25, -0.2) is 4.99 Å². The highest BCUT2D eigenvalue weighted by Crippen LogP contribution is 2.29. The lowest BCUT2D eigenvalue weighted by atomic mass is 10.2. The average Bonchev–Trinajstić information content (AvgIpc) is 2.60. The van der Waals surface area contributed by atoms with Gasteiger partial charge in [0.1, 0.15) is 5.75 Å². The molecular formula is C19H25N3O3. The number of guanidine groups is 1. The first-order chi connectivity index (χ1) is 12.0. The Morgan fingerprint density at radius 1 is 1.04 bits per heavy atom. The summed E-state index contributed by atoms with van der Waals surface area (Å²) in [5, 5.41) is 3.04. The van der Waals surface area contributed by atoms with Gasteiger partial charge in [-0.3, -0.25) is 0 Å². The number of ether oxygens (including phenoxy) is 3. The number of nitrogens with two attached hydrogens (primary N) is 1. The van der Waals surface area contributed by atoms with Crippen molar-refractivity contribution >= 4 is 11.6 Å². The van der Waals surface area contributed by atoms with Crippen molar-refractivity contribution in [1.82, 2.24) is 0 Å². The molecule has 6 nitrogen and oxygen atoms in total. The second-order valence-corrected chi connectivity index (χ2v) is 5.71. The Kier molecular flexibility index (Phi) is 6.51. The summed E-state index contributed by atoms with van der Waals surface area (Å²) in [5.41, 5.74) is 7.78. The summed E-state index contributed by atoms with van der Waals surface area (Å²) in [4.78, 5) is 4.35. The zero-order valence-electron chi connectivity index (χ0n) is 15.1. The van der Waals surface area contributed by atoms with Crippen molar-refractivity contribution in [2.75, 3.05) is 19.5 Å². The third kappa shape index (κ3) is 5.60. The molecule has 3 N–H and O–H groups in total. The van der Waals surface area contributed by atoms with Crippen LogP contribution in [-0.2, 0) is 6.54 Å². The van der Waals surface area contributed by atoms with Gasteiger partial charge in [0.05, 0.1) is 26.9 Å². The summed E-state index contributed by atoms with van der Waals surface area (Å²) >= 11 is 0. The Bertz CT molecular complexity index is 712. The number of aliphatic imine (C=N–C) groups is 1. The van der Waals surface area contributed by atoms with Crippen molar-refractivity contribution < 1.29 is 14.2 Å². The minimum atomic E-state index is 0.158. The van der Waals surface area contributed by atoms with E-state index in [-0.39, 0.29) is 6.10 Å². The molecule has 0 saturated carbocycles. The Balaban J connectivity index is 1.97. The first-order valence-electron chi connectivity index (χ1n) is 8.06. The van der Waals surface area contributed by atoms with Gasteiger partial charge in [0.2, 0.25) is 0 Å². The summed E-state index contributed by atoms with van der Waals surface area (Å²) in [6.45, 7) is 4.48. The molecule has 0 atom stereocenters. The largest absolute Gasteiger partial charge is 0.493 e. The second-order valence-electron chi connectivity index (χ2n) is 5.71. The average molecular weight is 343 g/mol. The summed E-state index contributed by atoms with van der Waals surface area (Å²) < 4.78 is 16.1. The van der Waals surface area contributed by atoms with Gasteiger partial charge in [0.25, 0.3) is 0 Å². The highest BCUT2D eigenvalue weighted by molar-refractivity contribution is 5.92. The Morgan fingerprint density at radius 3 is 2.32 bits per heavy atom. The molecule has 0 radical (unpaired) electrons. The Morgan fingerprint density at radius 2 is 1.72 bits per heavy atom. The lowest BCUT2D eigenvalue weighted by Crippen LogP contribution is -2.22. The van der Waals surface area contributed by atoms with E-state index in [9.17, 15) is 0 Å². The van der Waals surface area contributed by atoms with Crippen LogP contribution in [0.3, 0.4) is 0 Å². The zero-order valence-corrected chi connectivity index (χ0v) is 15.1. The number of anilines is 1. The van der Waals surface area contributed by atoms with Crippen LogP contribution in [0.2, 0.25) is 0 Å². The number of benzene rings is 2. The molecule has 25 heavy (non-hydrogen) atoms. The maximum atomic E-state index is 5.95. The summed E-state index contributed by atoms with van der Waals surface area (Å²) in [6.07, 6.45) is 0.158. The topological polar surface area (TPSA) is 78.1 Å². The molecule has 0 unspecified atom stereocenters. The van der Waals surface area contributed by atoms with E-state index in [4.69, 9.17) is 19.9 Å². The van der Waals surface area contributed by atoms with Gasteiger partial charge < -0.3 is 25.3 Å². The number of nitrogens with one attached hydrogen (secondary N) is 1. The van der Waals surface area contributed by atoms with E-state index in [0.29, 0.717) is 24.0 Å². The molecule has 0 fully saturated rings. The van der Waals surface area contributed by atoms with E-state index in [1.54, 1.807) is 20.3 Å². The van der Waals surface area contributed by atoms with Crippen molar-refractivity contribution in [2.45, 2.75) is 26.5 Å². The minimum Gasteiger partial charge on any atom is -0.493 e. The van der Waals surface area contributed by atoms with Crippen molar-refractivity contribution in [1.29, 1.82) is 0 Å². The number of rotatable bonds is 7. The standard InChI is InChI=1S/C19H25N3O3/c1-13(2)25-16-8-5-14(6-9-16)12-21-19(20)22-15-7-10-17(23-3)18(11-15)24-4/h5-11,13H,12H2,1-4H3,(H3,20,21,22). The normalized spacial score (nSPS) is 11.3. The van der Waals surface area contributed by atoms with Crippen LogP contribution in [0.15, 0.2) is 47.5 Å². The first kappa shape index (κ1) is 18.4. The third-order valence-corrected chi connectivity index (χ3v) is 3.38. The van der Waals surface area contributed by atoms with Gasteiger partial charge in [-0.1, -0.05) is 12.1 Å². The summed E-state index contributed by atoms with van der Waals surface area (Å²) in [5.74, 6) is 2.46. The molecule has 0 aliphatic rings. The van der Waals surface area contributed by atoms with Gasteiger partial charge in [0.15, 0.2) is 17.5 Å². The van der Waals surface area contributed by atoms with E-state index in [1.807, 2.05) is 50.2 Å². The molecule has 2 rings (SSSR count). The Labute approximate surface area is 148 Å². The van der Waals surface area contributed by atoms with Crippen molar-refractivity contribution in [2.24, 2.45) is 10.7 Å². The highest BCUT2D eigenvalue weighted by atomic mass is 16.5. The molecule has 0 heterocycles. The predicted molar refractivity (Wildman–Crippen MR) is 101 cm³/mol. The van der Waals surface area contributed by atoms with Gasteiger partial charge in [-0.15, -0.1) is 0 Å². The van der Waals surface area contributed by atoms with Crippen molar-refractivity contribution in [3.63, 3.8) is 0 Å². The van der Waals surface area contributed by atoms with Crippen molar-refractivity contribution in [3.8, 4) is 17.2 Å². The molecule has 134 valence electrons. The smallest absolute Gasteiger partial charge is 0.193 e. The van der Waals surface area contributed by atoms with Crippen LogP contribution in [0, 0.1) is 0 Å². The molecule has 6 heteroatoms. The molecular weight excluding hydrogens is 318 g/mol. The second kappa shape index (κ2) is 8.82. The summed E-state index contributed by atoms with van der Waals surface area (Å²) in [6, 6.07) is 13.3. The van der Waals surface area contributed by atoms with Crippen molar-refractivity contribution in [3.05, 3.63) is 48.0 Å². The molecule has 2 aromatic rings. The van der Waals surface area contributed by atoms with E-state index in [1.165, 1.54) is 0 Å². The highest BCUT2D eigenvalue weighted by Gasteiger charge is 2.05. The van der Waals surface area contributed by atoms with Crippen LogP contribution < -0.4 is 25.3 Å². The monoisotopic (exact) mass is 343 g/mol. The molecule has 0 aromatic heterocycles. The van der Waals surface area contributed by atoms with E-state index in [2.05, 4.69) is 10.3 Å². The van der Waals surface area contributed by atoms with Crippen LogP contribution in [-0.4, -0.2) is 26.3 Å². The van der Waals surface area contributed by atoms with Gasteiger partial charge in [-0.05, 0) is 43.7 Å². The van der Waals surface area contributed by atoms with Crippen LogP contribution >= 0.6 is 0 Å². The van der Waals surface area contributed by atoms with Crippen LogP contribution in [0.5, 0.6) is 17.2 Å². The van der Waals surface area contributed by atoms with Gasteiger partial charge >= 0.3 is 0 Å².